The van der Waals surface area contributed by atoms with Gasteiger partial charge in [-0.15, -0.1) is 0 Å². The average Bonchev–Trinajstić information content (AvgIpc) is 2.87. The number of halogens is 2. The molecule has 37 heavy (non-hydrogen) atoms. The standard InChI is InChI=1S/C29H32F2N2O3S/c1-20-8-3-4-11-27(20)37(34,35)32-16-5-6-17-33-25(18-32)28(26(33)19-36-2)22-14-12-21(13-15-22)23-9-7-10-24(30)29(23)31/h3-4,7-15,25-26,28H,5-6,16-19H2,1-2H3/t25?,26-,28+/m1/s1. The van der Waals surface area contributed by atoms with Gasteiger partial charge in [0.15, 0.2) is 11.6 Å². The fourth-order valence-electron chi connectivity index (χ4n) is 5.88. The van der Waals surface area contributed by atoms with Crippen LogP contribution in [0.3, 0.4) is 0 Å². The van der Waals surface area contributed by atoms with E-state index in [0.717, 1.165) is 36.6 Å². The zero-order chi connectivity index (χ0) is 26.2. The molecule has 2 aliphatic heterocycles. The number of fused-ring (bicyclic) bond motifs is 1. The first-order chi connectivity index (χ1) is 17.8. The number of sulfonamides is 1. The molecule has 2 heterocycles. The lowest BCUT2D eigenvalue weighted by atomic mass is 9.74. The molecule has 0 N–H and O–H groups in total. The lowest BCUT2D eigenvalue weighted by Gasteiger charge is -2.57. The minimum absolute atomic E-state index is 0.00370. The summed E-state index contributed by atoms with van der Waals surface area (Å²) in [6, 6.07) is 18.9. The van der Waals surface area contributed by atoms with Gasteiger partial charge in [0.1, 0.15) is 0 Å². The Labute approximate surface area is 217 Å². The summed E-state index contributed by atoms with van der Waals surface area (Å²) in [5.74, 6) is -1.68. The van der Waals surface area contributed by atoms with Crippen LogP contribution in [0.25, 0.3) is 11.1 Å². The molecule has 1 unspecified atom stereocenters. The number of aryl methyl sites for hydroxylation is 1. The van der Waals surface area contributed by atoms with E-state index in [1.807, 2.05) is 43.3 Å². The summed E-state index contributed by atoms with van der Waals surface area (Å²) < 4.78 is 62.7. The number of rotatable bonds is 6. The van der Waals surface area contributed by atoms with Crippen LogP contribution in [0, 0.1) is 18.6 Å². The van der Waals surface area contributed by atoms with Gasteiger partial charge in [-0.3, -0.25) is 4.90 Å². The van der Waals surface area contributed by atoms with Crippen molar-refractivity contribution < 1.29 is 21.9 Å². The van der Waals surface area contributed by atoms with Crippen molar-refractivity contribution in [3.05, 3.63) is 89.5 Å². The number of benzene rings is 3. The molecule has 0 saturated carbocycles. The Kier molecular flexibility index (Phi) is 7.45. The van der Waals surface area contributed by atoms with Gasteiger partial charge in [0.2, 0.25) is 10.0 Å². The maximum Gasteiger partial charge on any atom is 0.243 e. The monoisotopic (exact) mass is 526 g/mol. The van der Waals surface area contributed by atoms with Gasteiger partial charge in [0, 0.05) is 43.8 Å². The van der Waals surface area contributed by atoms with Gasteiger partial charge >= 0.3 is 0 Å². The normalized spacial score (nSPS) is 23.1. The Balaban J connectivity index is 1.46. The van der Waals surface area contributed by atoms with Crippen molar-refractivity contribution in [3.63, 3.8) is 0 Å². The van der Waals surface area contributed by atoms with Crippen molar-refractivity contribution in [1.82, 2.24) is 9.21 Å². The Bertz CT molecular complexity index is 1360. The molecule has 0 bridgehead atoms. The molecule has 0 aromatic heterocycles. The van der Waals surface area contributed by atoms with Gasteiger partial charge in [-0.1, -0.05) is 54.6 Å². The lowest BCUT2D eigenvalue weighted by molar-refractivity contribution is -0.0635. The van der Waals surface area contributed by atoms with Crippen LogP contribution in [0.15, 0.2) is 71.6 Å². The summed E-state index contributed by atoms with van der Waals surface area (Å²) in [4.78, 5) is 2.72. The second-order valence-electron chi connectivity index (χ2n) is 9.91. The first-order valence-electron chi connectivity index (χ1n) is 12.7. The Morgan fingerprint density at radius 2 is 1.68 bits per heavy atom. The van der Waals surface area contributed by atoms with E-state index in [2.05, 4.69) is 4.90 Å². The number of hydrogen-bond acceptors (Lipinski definition) is 4. The van der Waals surface area contributed by atoms with Gasteiger partial charge in [-0.05, 0) is 55.1 Å². The molecular formula is C29H32F2N2O3S. The first-order valence-corrected chi connectivity index (χ1v) is 14.1. The van der Waals surface area contributed by atoms with Crippen molar-refractivity contribution in [3.8, 4) is 11.1 Å². The summed E-state index contributed by atoms with van der Waals surface area (Å²) >= 11 is 0. The largest absolute Gasteiger partial charge is 0.383 e. The number of methoxy groups -OCH3 is 1. The van der Waals surface area contributed by atoms with Crippen molar-refractivity contribution in [2.24, 2.45) is 0 Å². The van der Waals surface area contributed by atoms with Crippen LogP contribution in [0.2, 0.25) is 0 Å². The topological polar surface area (TPSA) is 49.9 Å². The summed E-state index contributed by atoms with van der Waals surface area (Å²) in [5.41, 5.74) is 2.60. The van der Waals surface area contributed by atoms with E-state index in [4.69, 9.17) is 4.74 Å². The maximum absolute atomic E-state index is 14.4. The van der Waals surface area contributed by atoms with Crippen molar-refractivity contribution in [1.29, 1.82) is 0 Å². The molecule has 2 saturated heterocycles. The molecular weight excluding hydrogens is 494 g/mol. The third-order valence-electron chi connectivity index (χ3n) is 7.75. The molecule has 196 valence electrons. The van der Waals surface area contributed by atoms with Crippen LogP contribution in [-0.4, -0.2) is 63.1 Å². The Morgan fingerprint density at radius 3 is 2.41 bits per heavy atom. The summed E-state index contributed by atoms with van der Waals surface area (Å²) in [6.07, 6.45) is 1.70. The summed E-state index contributed by atoms with van der Waals surface area (Å²) in [6.45, 7) is 4.13. The molecule has 0 spiro atoms. The third-order valence-corrected chi connectivity index (χ3v) is 9.78. The van der Waals surface area contributed by atoms with Crippen LogP contribution in [0.5, 0.6) is 0 Å². The fraction of sp³-hybridized carbons (Fsp3) is 0.379. The van der Waals surface area contributed by atoms with Gasteiger partial charge in [0.25, 0.3) is 0 Å². The Hall–Kier alpha value is -2.65. The van der Waals surface area contributed by atoms with Crippen LogP contribution < -0.4 is 0 Å². The van der Waals surface area contributed by atoms with Gasteiger partial charge in [0.05, 0.1) is 11.5 Å². The predicted octanol–water partition coefficient (Wildman–Crippen LogP) is 5.21. The van der Waals surface area contributed by atoms with Crippen molar-refractivity contribution in [2.75, 3.05) is 33.4 Å². The fourth-order valence-corrected chi connectivity index (χ4v) is 7.60. The molecule has 5 rings (SSSR count). The highest BCUT2D eigenvalue weighted by molar-refractivity contribution is 7.89. The predicted molar refractivity (Wildman–Crippen MR) is 140 cm³/mol. The van der Waals surface area contributed by atoms with E-state index in [1.54, 1.807) is 29.6 Å². The zero-order valence-electron chi connectivity index (χ0n) is 21.1. The molecule has 8 heteroatoms. The van der Waals surface area contributed by atoms with E-state index in [-0.39, 0.29) is 23.6 Å². The van der Waals surface area contributed by atoms with Gasteiger partial charge < -0.3 is 4.74 Å². The highest BCUT2D eigenvalue weighted by Gasteiger charge is 2.50. The number of ether oxygens (including phenoxy) is 1. The van der Waals surface area contributed by atoms with Crippen LogP contribution >= 0.6 is 0 Å². The minimum atomic E-state index is -3.64. The van der Waals surface area contributed by atoms with Crippen LogP contribution in [0.1, 0.15) is 29.9 Å². The molecule has 3 aromatic rings. The average molecular weight is 527 g/mol. The van der Waals surface area contributed by atoms with E-state index in [1.165, 1.54) is 6.07 Å². The first kappa shape index (κ1) is 26.0. The van der Waals surface area contributed by atoms with E-state index in [0.29, 0.717) is 30.2 Å². The van der Waals surface area contributed by atoms with Crippen molar-refractivity contribution in [2.45, 2.75) is 42.7 Å². The molecule has 2 fully saturated rings. The van der Waals surface area contributed by atoms with E-state index >= 15 is 0 Å². The smallest absolute Gasteiger partial charge is 0.243 e. The third kappa shape index (κ3) is 4.83. The van der Waals surface area contributed by atoms with Gasteiger partial charge in [-0.25, -0.2) is 17.2 Å². The highest BCUT2D eigenvalue weighted by Crippen LogP contribution is 2.43. The molecule has 0 radical (unpaired) electrons. The second-order valence-corrected chi connectivity index (χ2v) is 11.8. The molecule has 3 aromatic carbocycles. The summed E-state index contributed by atoms with van der Waals surface area (Å²) in [5, 5.41) is 0. The summed E-state index contributed by atoms with van der Waals surface area (Å²) in [7, 11) is -1.96. The van der Waals surface area contributed by atoms with E-state index < -0.39 is 21.7 Å². The Morgan fingerprint density at radius 1 is 0.946 bits per heavy atom. The van der Waals surface area contributed by atoms with E-state index in [9.17, 15) is 17.2 Å². The molecule has 0 amide bonds. The van der Waals surface area contributed by atoms with Gasteiger partial charge in [-0.2, -0.15) is 4.31 Å². The van der Waals surface area contributed by atoms with Crippen LogP contribution in [-0.2, 0) is 14.8 Å². The SMILES string of the molecule is COC[C@@H]1[C@@H](c2ccc(-c3cccc(F)c3F)cc2)C2CN(S(=O)(=O)c3ccccc3C)CCCCN21. The zero-order valence-corrected chi connectivity index (χ0v) is 21.9. The quantitative estimate of drug-likeness (QED) is 0.443. The molecule has 3 atom stereocenters. The highest BCUT2D eigenvalue weighted by atomic mass is 32.2. The molecule has 5 nitrogen and oxygen atoms in total. The van der Waals surface area contributed by atoms with Crippen LogP contribution in [0.4, 0.5) is 8.78 Å². The lowest BCUT2D eigenvalue weighted by Crippen LogP contribution is -2.68. The minimum Gasteiger partial charge on any atom is -0.383 e. The van der Waals surface area contributed by atoms with Crippen molar-refractivity contribution >= 4 is 10.0 Å². The molecule has 0 aliphatic carbocycles. The number of nitrogens with zero attached hydrogens (tertiary/aromatic N) is 2. The second kappa shape index (κ2) is 10.6. The molecule has 2 aliphatic rings. The maximum atomic E-state index is 14.4. The number of hydrogen-bond donors (Lipinski definition) is 0.